The van der Waals surface area contributed by atoms with Crippen LogP contribution in [0.5, 0.6) is 0 Å². The molecular formula is C16H20O2. The Labute approximate surface area is 109 Å². The van der Waals surface area contributed by atoms with Crippen LogP contribution in [0.4, 0.5) is 0 Å². The van der Waals surface area contributed by atoms with Gasteiger partial charge >= 0.3 is 0 Å². The van der Waals surface area contributed by atoms with Gasteiger partial charge in [-0.3, -0.25) is 4.79 Å². The predicted octanol–water partition coefficient (Wildman–Crippen LogP) is 4.21. The Balaban J connectivity index is 1.96. The van der Waals surface area contributed by atoms with Crippen molar-refractivity contribution >= 4 is 5.78 Å². The Bertz CT molecular complexity index is 436. The van der Waals surface area contributed by atoms with Gasteiger partial charge in [0.1, 0.15) is 5.76 Å². The van der Waals surface area contributed by atoms with Gasteiger partial charge in [-0.15, -0.1) is 0 Å². The SMILES string of the molecule is CC(=O)C1=CC=C(O/C2=C/CC/C=C\CC2)CC1. The van der Waals surface area contributed by atoms with Crippen molar-refractivity contribution in [3.63, 3.8) is 0 Å². The van der Waals surface area contributed by atoms with Gasteiger partial charge in [0.2, 0.25) is 0 Å². The highest BCUT2D eigenvalue weighted by atomic mass is 16.5. The highest BCUT2D eigenvalue weighted by Crippen LogP contribution is 2.24. The number of ketones is 1. The molecule has 96 valence electrons. The number of hydrogen-bond acceptors (Lipinski definition) is 2. The molecule has 2 heteroatoms. The fourth-order valence-electron chi connectivity index (χ4n) is 2.16. The first-order valence-corrected chi connectivity index (χ1v) is 6.68. The van der Waals surface area contributed by atoms with E-state index in [9.17, 15) is 4.79 Å². The van der Waals surface area contributed by atoms with Gasteiger partial charge in [0, 0.05) is 12.8 Å². The first-order valence-electron chi connectivity index (χ1n) is 6.68. The summed E-state index contributed by atoms with van der Waals surface area (Å²) < 4.78 is 5.93. The minimum atomic E-state index is 0.167. The third-order valence-electron chi connectivity index (χ3n) is 3.25. The van der Waals surface area contributed by atoms with Gasteiger partial charge in [-0.1, -0.05) is 18.2 Å². The first-order chi connectivity index (χ1) is 8.75. The molecule has 0 aliphatic heterocycles. The molecule has 2 aliphatic carbocycles. The molecule has 0 heterocycles. The highest BCUT2D eigenvalue weighted by Gasteiger charge is 2.12. The summed E-state index contributed by atoms with van der Waals surface area (Å²) in [6, 6.07) is 0. The summed E-state index contributed by atoms with van der Waals surface area (Å²) in [4.78, 5) is 11.2. The molecule has 0 N–H and O–H groups in total. The van der Waals surface area contributed by atoms with Crippen molar-refractivity contribution in [2.45, 2.75) is 45.4 Å². The molecule has 2 aliphatic rings. The molecule has 0 fully saturated rings. The van der Waals surface area contributed by atoms with Crippen molar-refractivity contribution in [3.8, 4) is 0 Å². The van der Waals surface area contributed by atoms with E-state index >= 15 is 0 Å². The predicted molar refractivity (Wildman–Crippen MR) is 72.9 cm³/mol. The second-order valence-electron chi connectivity index (χ2n) is 4.74. The number of ether oxygens (including phenoxy) is 1. The van der Waals surface area contributed by atoms with E-state index in [0.717, 1.165) is 55.6 Å². The highest BCUT2D eigenvalue weighted by molar-refractivity contribution is 5.93. The lowest BCUT2D eigenvalue weighted by Crippen LogP contribution is -2.03. The molecule has 0 amide bonds. The summed E-state index contributed by atoms with van der Waals surface area (Å²) in [5.41, 5.74) is 0.900. The number of carbonyl (C=O) groups excluding carboxylic acids is 1. The molecule has 0 bridgehead atoms. The lowest BCUT2D eigenvalue weighted by Gasteiger charge is -2.17. The third kappa shape index (κ3) is 3.73. The van der Waals surface area contributed by atoms with Crippen LogP contribution in [0.2, 0.25) is 0 Å². The van der Waals surface area contributed by atoms with Crippen molar-refractivity contribution in [2.75, 3.05) is 0 Å². The van der Waals surface area contributed by atoms with Crippen molar-refractivity contribution < 1.29 is 9.53 Å². The summed E-state index contributed by atoms with van der Waals surface area (Å²) in [6.07, 6.45) is 16.3. The van der Waals surface area contributed by atoms with Crippen molar-refractivity contribution in [1.82, 2.24) is 0 Å². The summed E-state index contributed by atoms with van der Waals surface area (Å²) in [7, 11) is 0. The first kappa shape index (κ1) is 12.9. The maximum atomic E-state index is 11.2. The topological polar surface area (TPSA) is 26.3 Å². The van der Waals surface area contributed by atoms with E-state index in [1.54, 1.807) is 6.92 Å². The van der Waals surface area contributed by atoms with Crippen molar-refractivity contribution in [3.05, 3.63) is 47.5 Å². The molecule has 0 atom stereocenters. The van der Waals surface area contributed by atoms with Gasteiger partial charge in [-0.25, -0.2) is 0 Å². The van der Waals surface area contributed by atoms with Crippen LogP contribution in [0.1, 0.15) is 45.4 Å². The van der Waals surface area contributed by atoms with Gasteiger partial charge in [0.25, 0.3) is 0 Å². The van der Waals surface area contributed by atoms with Gasteiger partial charge < -0.3 is 4.74 Å². The smallest absolute Gasteiger partial charge is 0.155 e. The van der Waals surface area contributed by atoms with Crippen LogP contribution in [0, 0.1) is 0 Å². The second-order valence-corrected chi connectivity index (χ2v) is 4.74. The van der Waals surface area contributed by atoms with Crippen LogP contribution < -0.4 is 0 Å². The summed E-state index contributed by atoms with van der Waals surface area (Å²) in [6.45, 7) is 1.62. The van der Waals surface area contributed by atoms with E-state index in [0.29, 0.717) is 0 Å². The van der Waals surface area contributed by atoms with Gasteiger partial charge in [-0.2, -0.15) is 0 Å². The van der Waals surface area contributed by atoms with Crippen LogP contribution in [0.3, 0.4) is 0 Å². The zero-order valence-corrected chi connectivity index (χ0v) is 10.9. The Morgan fingerprint density at radius 3 is 2.56 bits per heavy atom. The van der Waals surface area contributed by atoms with Crippen molar-refractivity contribution in [1.29, 1.82) is 0 Å². The fraction of sp³-hybridized carbons (Fsp3) is 0.438. The van der Waals surface area contributed by atoms with E-state index in [1.807, 2.05) is 12.2 Å². The zero-order valence-electron chi connectivity index (χ0n) is 10.9. The molecule has 0 aromatic rings. The minimum Gasteiger partial charge on any atom is -0.466 e. The zero-order chi connectivity index (χ0) is 12.8. The molecule has 0 saturated carbocycles. The Morgan fingerprint density at radius 1 is 1.00 bits per heavy atom. The normalized spacial score (nSPS) is 24.8. The molecule has 2 nitrogen and oxygen atoms in total. The second kappa shape index (κ2) is 6.39. The Morgan fingerprint density at radius 2 is 1.83 bits per heavy atom. The van der Waals surface area contributed by atoms with Gasteiger partial charge in [0.15, 0.2) is 5.78 Å². The average molecular weight is 244 g/mol. The van der Waals surface area contributed by atoms with E-state index in [4.69, 9.17) is 4.74 Å². The van der Waals surface area contributed by atoms with E-state index in [1.165, 1.54) is 0 Å². The van der Waals surface area contributed by atoms with Crippen LogP contribution in [-0.4, -0.2) is 5.78 Å². The molecular weight excluding hydrogens is 224 g/mol. The molecule has 0 aromatic carbocycles. The minimum absolute atomic E-state index is 0.167. The number of carbonyl (C=O) groups is 1. The van der Waals surface area contributed by atoms with E-state index < -0.39 is 0 Å². The molecule has 18 heavy (non-hydrogen) atoms. The lowest BCUT2D eigenvalue weighted by molar-refractivity contribution is -0.113. The van der Waals surface area contributed by atoms with Crippen LogP contribution in [-0.2, 0) is 9.53 Å². The molecule has 0 aromatic heterocycles. The summed E-state index contributed by atoms with van der Waals surface area (Å²) in [5.74, 6) is 2.22. The molecule has 2 rings (SSSR count). The average Bonchev–Trinajstić information content (AvgIpc) is 2.33. The summed E-state index contributed by atoms with van der Waals surface area (Å²) in [5, 5.41) is 0. The summed E-state index contributed by atoms with van der Waals surface area (Å²) >= 11 is 0. The van der Waals surface area contributed by atoms with Crippen LogP contribution >= 0.6 is 0 Å². The molecule has 0 radical (unpaired) electrons. The number of Topliss-reactive ketones (excluding diaryl/α,β-unsaturated/α-hetero) is 1. The Kier molecular flexibility index (Phi) is 4.57. The molecule has 0 spiro atoms. The molecule has 0 unspecified atom stereocenters. The largest absolute Gasteiger partial charge is 0.466 e. The fourth-order valence-corrected chi connectivity index (χ4v) is 2.16. The van der Waals surface area contributed by atoms with Crippen LogP contribution in [0.15, 0.2) is 47.5 Å². The van der Waals surface area contributed by atoms with E-state index in [-0.39, 0.29) is 5.78 Å². The number of allylic oxidation sites excluding steroid dienone is 8. The third-order valence-corrected chi connectivity index (χ3v) is 3.25. The Hall–Kier alpha value is -1.57. The lowest BCUT2D eigenvalue weighted by atomic mass is 10.0. The quantitative estimate of drug-likeness (QED) is 0.695. The number of hydrogen-bond donors (Lipinski definition) is 0. The maximum Gasteiger partial charge on any atom is 0.155 e. The maximum absolute atomic E-state index is 11.2. The van der Waals surface area contributed by atoms with Gasteiger partial charge in [0.05, 0.1) is 5.76 Å². The monoisotopic (exact) mass is 244 g/mol. The van der Waals surface area contributed by atoms with Gasteiger partial charge in [-0.05, 0) is 50.3 Å². The standard InChI is InChI=1S/C16H20O2/c1-13(17)14-9-11-16(12-10-14)18-15-7-5-3-2-4-6-8-15/h2-3,8-9,11H,4-7,10,12H2,1H3/b3-2-,15-8+. The van der Waals surface area contributed by atoms with Crippen molar-refractivity contribution in [2.24, 2.45) is 0 Å². The van der Waals surface area contributed by atoms with E-state index in [2.05, 4.69) is 18.2 Å². The number of rotatable bonds is 3. The molecule has 0 saturated heterocycles. The van der Waals surface area contributed by atoms with Crippen LogP contribution in [0.25, 0.3) is 0 Å².